The van der Waals surface area contributed by atoms with E-state index in [-0.39, 0.29) is 42.5 Å². The van der Waals surface area contributed by atoms with Crippen LogP contribution in [0.15, 0.2) is 0 Å². The monoisotopic (exact) mass is 414 g/mol. The van der Waals surface area contributed by atoms with Gasteiger partial charge in [-0.05, 0) is 18.8 Å². The van der Waals surface area contributed by atoms with Gasteiger partial charge in [-0.3, -0.25) is 14.5 Å². The number of nitrogens with one attached hydrogen (secondary N) is 1. The Balaban J connectivity index is 0.00000312. The second kappa shape index (κ2) is 13.5. The van der Waals surface area contributed by atoms with Crippen LogP contribution >= 0.6 is 24.8 Å². The Bertz CT molecular complexity index is 417. The molecule has 1 unspecified atom stereocenters. The summed E-state index contributed by atoms with van der Waals surface area (Å²) in [6.45, 7) is 5.43. The van der Waals surface area contributed by atoms with E-state index in [1.165, 1.54) is 0 Å². The SMILES string of the molecule is COCCNC(=O)CN1CCN(C(=O)C(N)C2CCOCC2)CC1.Cl.Cl. The van der Waals surface area contributed by atoms with E-state index in [9.17, 15) is 9.59 Å². The van der Waals surface area contributed by atoms with E-state index in [4.69, 9.17) is 15.2 Å². The fraction of sp³-hybridized carbons (Fsp3) is 0.875. The van der Waals surface area contributed by atoms with Gasteiger partial charge in [-0.1, -0.05) is 0 Å². The molecule has 10 heteroatoms. The maximum atomic E-state index is 12.5. The summed E-state index contributed by atoms with van der Waals surface area (Å²) in [4.78, 5) is 28.2. The quantitative estimate of drug-likeness (QED) is 0.544. The van der Waals surface area contributed by atoms with E-state index in [2.05, 4.69) is 10.2 Å². The lowest BCUT2D eigenvalue weighted by Crippen LogP contribution is -2.56. The molecular formula is C16H32Cl2N4O4. The van der Waals surface area contributed by atoms with Crippen LogP contribution in [0.25, 0.3) is 0 Å². The van der Waals surface area contributed by atoms with Gasteiger partial charge in [0.25, 0.3) is 0 Å². The van der Waals surface area contributed by atoms with Crippen LogP contribution in [-0.4, -0.2) is 93.9 Å². The summed E-state index contributed by atoms with van der Waals surface area (Å²) in [7, 11) is 1.60. The van der Waals surface area contributed by atoms with Gasteiger partial charge in [0.15, 0.2) is 0 Å². The normalized spacial score (nSPS) is 19.8. The van der Waals surface area contributed by atoms with Crippen LogP contribution in [0.3, 0.4) is 0 Å². The van der Waals surface area contributed by atoms with Crippen molar-refractivity contribution in [2.75, 3.05) is 66.2 Å². The van der Waals surface area contributed by atoms with Crippen molar-refractivity contribution in [1.82, 2.24) is 15.1 Å². The first-order chi connectivity index (χ1) is 11.6. The molecule has 154 valence electrons. The number of piperazine rings is 1. The molecule has 0 aliphatic carbocycles. The Kier molecular flexibility index (Phi) is 13.2. The minimum atomic E-state index is -0.433. The summed E-state index contributed by atoms with van der Waals surface area (Å²) in [6, 6.07) is -0.433. The summed E-state index contributed by atoms with van der Waals surface area (Å²) in [5.74, 6) is 0.243. The number of rotatable bonds is 7. The summed E-state index contributed by atoms with van der Waals surface area (Å²) in [5, 5.41) is 2.81. The highest BCUT2D eigenvalue weighted by atomic mass is 35.5. The zero-order chi connectivity index (χ0) is 17.4. The Morgan fingerprint density at radius 3 is 2.38 bits per heavy atom. The van der Waals surface area contributed by atoms with E-state index < -0.39 is 6.04 Å². The van der Waals surface area contributed by atoms with Gasteiger partial charge in [-0.25, -0.2) is 0 Å². The first-order valence-electron chi connectivity index (χ1n) is 8.72. The third kappa shape index (κ3) is 7.94. The molecule has 0 bridgehead atoms. The van der Waals surface area contributed by atoms with Crippen molar-refractivity contribution >= 4 is 36.6 Å². The maximum Gasteiger partial charge on any atom is 0.239 e. The molecule has 2 fully saturated rings. The molecule has 0 radical (unpaired) electrons. The number of methoxy groups -OCH3 is 1. The number of hydrogen-bond donors (Lipinski definition) is 2. The molecule has 26 heavy (non-hydrogen) atoms. The fourth-order valence-electron chi connectivity index (χ4n) is 3.17. The number of halogens is 2. The number of nitrogens with two attached hydrogens (primary N) is 1. The number of carbonyl (C=O) groups is 2. The second-order valence-corrected chi connectivity index (χ2v) is 6.42. The Morgan fingerprint density at radius 1 is 1.19 bits per heavy atom. The molecule has 1 atom stereocenters. The van der Waals surface area contributed by atoms with Gasteiger partial charge >= 0.3 is 0 Å². The van der Waals surface area contributed by atoms with Crippen LogP contribution in [0.1, 0.15) is 12.8 Å². The highest BCUT2D eigenvalue weighted by molar-refractivity contribution is 5.85. The molecule has 0 aromatic rings. The number of ether oxygens (including phenoxy) is 2. The van der Waals surface area contributed by atoms with Crippen LogP contribution < -0.4 is 11.1 Å². The van der Waals surface area contributed by atoms with Gasteiger partial charge in [-0.15, -0.1) is 24.8 Å². The van der Waals surface area contributed by atoms with Gasteiger partial charge < -0.3 is 25.4 Å². The second-order valence-electron chi connectivity index (χ2n) is 6.42. The van der Waals surface area contributed by atoms with E-state index in [0.29, 0.717) is 59.1 Å². The van der Waals surface area contributed by atoms with Gasteiger partial charge in [0, 0.05) is 53.0 Å². The van der Waals surface area contributed by atoms with Gasteiger partial charge in [0.2, 0.25) is 11.8 Å². The zero-order valence-electron chi connectivity index (χ0n) is 15.4. The van der Waals surface area contributed by atoms with Crippen LogP contribution in [0.4, 0.5) is 0 Å². The van der Waals surface area contributed by atoms with Crippen LogP contribution in [-0.2, 0) is 19.1 Å². The van der Waals surface area contributed by atoms with Crippen molar-refractivity contribution in [2.45, 2.75) is 18.9 Å². The Morgan fingerprint density at radius 2 is 1.81 bits per heavy atom. The molecule has 2 heterocycles. The molecule has 0 spiro atoms. The van der Waals surface area contributed by atoms with Crippen LogP contribution in [0, 0.1) is 5.92 Å². The summed E-state index contributed by atoms with van der Waals surface area (Å²) in [5.41, 5.74) is 6.17. The number of hydrogen-bond acceptors (Lipinski definition) is 6. The predicted molar refractivity (Wildman–Crippen MR) is 104 cm³/mol. The smallest absolute Gasteiger partial charge is 0.239 e. The lowest BCUT2D eigenvalue weighted by atomic mass is 9.91. The third-order valence-electron chi connectivity index (χ3n) is 4.74. The van der Waals surface area contributed by atoms with Gasteiger partial charge in [0.05, 0.1) is 19.2 Å². The van der Waals surface area contributed by atoms with Crippen molar-refractivity contribution in [3.8, 4) is 0 Å². The zero-order valence-corrected chi connectivity index (χ0v) is 17.0. The number of carbonyl (C=O) groups excluding carboxylic acids is 2. The van der Waals surface area contributed by atoms with Gasteiger partial charge in [0.1, 0.15) is 0 Å². The molecule has 3 N–H and O–H groups in total. The van der Waals surface area contributed by atoms with Crippen molar-refractivity contribution in [1.29, 1.82) is 0 Å². The minimum absolute atomic E-state index is 0. The number of nitrogens with zero attached hydrogens (tertiary/aromatic N) is 2. The molecule has 0 aromatic heterocycles. The largest absolute Gasteiger partial charge is 0.383 e. The molecule has 8 nitrogen and oxygen atoms in total. The lowest BCUT2D eigenvalue weighted by molar-refractivity contribution is -0.136. The molecule has 2 aliphatic heterocycles. The summed E-state index contributed by atoms with van der Waals surface area (Å²) in [6.07, 6.45) is 1.71. The Hall–Kier alpha value is -0.640. The van der Waals surface area contributed by atoms with E-state index in [1.54, 1.807) is 7.11 Å². The highest BCUT2D eigenvalue weighted by Gasteiger charge is 2.31. The van der Waals surface area contributed by atoms with E-state index >= 15 is 0 Å². The minimum Gasteiger partial charge on any atom is -0.383 e. The standard InChI is InChI=1S/C16H30N4O4.2ClH/c1-23-11-4-18-14(21)12-19-5-7-20(8-6-19)16(22)15(17)13-2-9-24-10-3-13;;/h13,15H,2-12,17H2,1H3,(H,18,21);2*1H. The highest BCUT2D eigenvalue weighted by Crippen LogP contribution is 2.19. The Labute approximate surface area is 167 Å². The summed E-state index contributed by atoms with van der Waals surface area (Å²) < 4.78 is 10.2. The first-order valence-corrected chi connectivity index (χ1v) is 8.72. The van der Waals surface area contributed by atoms with Crippen molar-refractivity contribution in [2.24, 2.45) is 11.7 Å². The average Bonchev–Trinajstić information content (AvgIpc) is 2.62. The molecule has 2 aliphatic rings. The average molecular weight is 415 g/mol. The molecule has 2 saturated heterocycles. The lowest BCUT2D eigenvalue weighted by Gasteiger charge is -2.37. The van der Waals surface area contributed by atoms with E-state index in [1.807, 2.05) is 4.90 Å². The number of amides is 2. The first kappa shape index (κ1) is 25.4. The van der Waals surface area contributed by atoms with E-state index in [0.717, 1.165) is 12.8 Å². The fourth-order valence-corrected chi connectivity index (χ4v) is 3.17. The van der Waals surface area contributed by atoms with Crippen molar-refractivity contribution < 1.29 is 19.1 Å². The maximum absolute atomic E-state index is 12.5. The third-order valence-corrected chi connectivity index (χ3v) is 4.74. The predicted octanol–water partition coefficient (Wildman–Crippen LogP) is -0.509. The van der Waals surface area contributed by atoms with Crippen LogP contribution in [0.2, 0.25) is 0 Å². The molecular weight excluding hydrogens is 383 g/mol. The topological polar surface area (TPSA) is 97.1 Å². The van der Waals surface area contributed by atoms with Crippen molar-refractivity contribution in [3.63, 3.8) is 0 Å². The summed E-state index contributed by atoms with van der Waals surface area (Å²) >= 11 is 0. The van der Waals surface area contributed by atoms with Crippen molar-refractivity contribution in [3.05, 3.63) is 0 Å². The van der Waals surface area contributed by atoms with Crippen LogP contribution in [0.5, 0.6) is 0 Å². The van der Waals surface area contributed by atoms with Gasteiger partial charge in [-0.2, -0.15) is 0 Å². The molecule has 0 saturated carbocycles. The molecule has 0 aromatic carbocycles. The molecule has 2 rings (SSSR count). The molecule has 2 amide bonds.